The van der Waals surface area contributed by atoms with E-state index in [-0.39, 0.29) is 36.3 Å². The molecule has 152 valence electrons. The van der Waals surface area contributed by atoms with Crippen molar-refractivity contribution >= 4 is 21.8 Å². The Kier molecular flexibility index (Phi) is 5.14. The molecular formula is C21H23N3O4S. The van der Waals surface area contributed by atoms with E-state index in [1.807, 2.05) is 37.3 Å². The zero-order valence-corrected chi connectivity index (χ0v) is 16.9. The first-order valence-corrected chi connectivity index (χ1v) is 11.0. The lowest BCUT2D eigenvalue weighted by atomic mass is 9.99. The second kappa shape index (κ2) is 7.61. The van der Waals surface area contributed by atoms with Gasteiger partial charge in [-0.25, -0.2) is 8.42 Å². The summed E-state index contributed by atoms with van der Waals surface area (Å²) in [5, 5.41) is 2.78. The number of aryl methyl sites for hydroxylation is 1. The first kappa shape index (κ1) is 19.6. The number of nitrogens with one attached hydrogen (secondary N) is 1. The molecule has 8 heteroatoms. The topological polar surface area (TPSA) is 86.8 Å². The molecular weight excluding hydrogens is 390 g/mol. The molecule has 1 N–H and O–H groups in total. The van der Waals surface area contributed by atoms with E-state index in [0.29, 0.717) is 6.42 Å². The molecule has 2 fully saturated rings. The summed E-state index contributed by atoms with van der Waals surface area (Å²) in [7, 11) is -3.72. The maximum atomic E-state index is 13.0. The SMILES string of the molecule is Cc1ccc(S(=O)(=O)N2CCN3C(=O)[C@@H](Cc4ccccc4)NC(=O)[C@H]3C2)cc1. The van der Waals surface area contributed by atoms with Gasteiger partial charge in [0.15, 0.2) is 0 Å². The Morgan fingerprint density at radius 1 is 1.00 bits per heavy atom. The lowest BCUT2D eigenvalue weighted by Gasteiger charge is -2.44. The maximum absolute atomic E-state index is 13.0. The van der Waals surface area contributed by atoms with E-state index in [2.05, 4.69) is 5.32 Å². The van der Waals surface area contributed by atoms with E-state index in [1.165, 1.54) is 9.21 Å². The minimum Gasteiger partial charge on any atom is -0.342 e. The van der Waals surface area contributed by atoms with Crippen molar-refractivity contribution in [1.29, 1.82) is 0 Å². The van der Waals surface area contributed by atoms with Gasteiger partial charge in [0.25, 0.3) is 0 Å². The molecule has 4 rings (SSSR count). The summed E-state index contributed by atoms with van der Waals surface area (Å²) >= 11 is 0. The minimum atomic E-state index is -3.72. The Morgan fingerprint density at radius 3 is 2.38 bits per heavy atom. The fraction of sp³-hybridized carbons (Fsp3) is 0.333. The fourth-order valence-corrected chi connectivity index (χ4v) is 5.28. The van der Waals surface area contributed by atoms with Crippen molar-refractivity contribution in [3.05, 3.63) is 65.7 Å². The molecule has 2 saturated heterocycles. The molecule has 2 heterocycles. The van der Waals surface area contributed by atoms with Gasteiger partial charge in [0.05, 0.1) is 4.90 Å². The molecule has 2 amide bonds. The fourth-order valence-electron chi connectivity index (χ4n) is 3.84. The third kappa shape index (κ3) is 3.77. The van der Waals surface area contributed by atoms with E-state index < -0.39 is 22.1 Å². The van der Waals surface area contributed by atoms with Crippen LogP contribution in [-0.2, 0) is 26.0 Å². The Balaban J connectivity index is 1.50. The van der Waals surface area contributed by atoms with Crippen molar-refractivity contribution in [1.82, 2.24) is 14.5 Å². The largest absolute Gasteiger partial charge is 0.342 e. The van der Waals surface area contributed by atoms with E-state index in [1.54, 1.807) is 24.3 Å². The van der Waals surface area contributed by atoms with Crippen LogP contribution in [0, 0.1) is 6.92 Å². The quantitative estimate of drug-likeness (QED) is 0.808. The zero-order chi connectivity index (χ0) is 20.6. The van der Waals surface area contributed by atoms with E-state index in [9.17, 15) is 18.0 Å². The maximum Gasteiger partial charge on any atom is 0.246 e. The van der Waals surface area contributed by atoms with Crippen molar-refractivity contribution in [2.45, 2.75) is 30.3 Å². The molecule has 0 aliphatic carbocycles. The number of piperazine rings is 2. The first-order chi connectivity index (χ1) is 13.9. The van der Waals surface area contributed by atoms with Crippen LogP contribution in [0.3, 0.4) is 0 Å². The predicted molar refractivity (Wildman–Crippen MR) is 108 cm³/mol. The van der Waals surface area contributed by atoms with Gasteiger partial charge < -0.3 is 10.2 Å². The lowest BCUT2D eigenvalue weighted by molar-refractivity contribution is -0.151. The van der Waals surface area contributed by atoms with Crippen molar-refractivity contribution in [2.75, 3.05) is 19.6 Å². The molecule has 2 aromatic rings. The Hall–Kier alpha value is -2.71. The third-order valence-corrected chi connectivity index (χ3v) is 7.36. The van der Waals surface area contributed by atoms with Crippen molar-refractivity contribution in [3.8, 4) is 0 Å². The van der Waals surface area contributed by atoms with Gasteiger partial charge in [-0.1, -0.05) is 48.0 Å². The van der Waals surface area contributed by atoms with Crippen molar-refractivity contribution in [2.24, 2.45) is 0 Å². The van der Waals surface area contributed by atoms with Gasteiger partial charge in [-0.2, -0.15) is 4.31 Å². The smallest absolute Gasteiger partial charge is 0.246 e. The summed E-state index contributed by atoms with van der Waals surface area (Å²) in [4.78, 5) is 27.3. The Labute approximate surface area is 170 Å². The van der Waals surface area contributed by atoms with Gasteiger partial charge in [-0.05, 0) is 24.6 Å². The number of hydrogen-bond donors (Lipinski definition) is 1. The van der Waals surface area contributed by atoms with Crippen LogP contribution in [0.5, 0.6) is 0 Å². The number of carbonyl (C=O) groups is 2. The normalized spacial score (nSPS) is 22.9. The predicted octanol–water partition coefficient (Wildman–Crippen LogP) is 0.938. The number of sulfonamides is 1. The summed E-state index contributed by atoms with van der Waals surface area (Å²) in [6, 6.07) is 14.7. The number of carbonyl (C=O) groups excluding carboxylic acids is 2. The van der Waals surface area contributed by atoms with E-state index in [4.69, 9.17) is 0 Å². The summed E-state index contributed by atoms with van der Waals surface area (Å²) in [5.74, 6) is -0.472. The number of nitrogens with zero attached hydrogens (tertiary/aromatic N) is 2. The second-order valence-corrected chi connectivity index (χ2v) is 9.41. The Morgan fingerprint density at radius 2 is 1.69 bits per heavy atom. The molecule has 2 aromatic carbocycles. The first-order valence-electron chi connectivity index (χ1n) is 9.58. The van der Waals surface area contributed by atoms with Crippen LogP contribution in [0.25, 0.3) is 0 Å². The van der Waals surface area contributed by atoms with Gasteiger partial charge >= 0.3 is 0 Å². The highest BCUT2D eigenvalue weighted by atomic mass is 32.2. The van der Waals surface area contributed by atoms with E-state index >= 15 is 0 Å². The van der Waals surface area contributed by atoms with Crippen LogP contribution in [0.2, 0.25) is 0 Å². The molecule has 29 heavy (non-hydrogen) atoms. The molecule has 7 nitrogen and oxygen atoms in total. The monoisotopic (exact) mass is 413 g/mol. The zero-order valence-electron chi connectivity index (χ0n) is 16.1. The van der Waals surface area contributed by atoms with Crippen LogP contribution >= 0.6 is 0 Å². The average molecular weight is 413 g/mol. The molecule has 0 radical (unpaired) electrons. The standard InChI is InChI=1S/C21H23N3O4S/c1-15-7-9-17(10-8-15)29(27,28)23-11-12-24-19(14-23)20(25)22-18(21(24)26)13-16-5-3-2-4-6-16/h2-10,18-19H,11-14H2,1H3,(H,22,25)/t18-,19-/m1/s1. The van der Waals surface area contributed by atoms with Crippen LogP contribution in [0.4, 0.5) is 0 Å². The number of benzene rings is 2. The number of fused-ring (bicyclic) bond motifs is 1. The highest BCUT2D eigenvalue weighted by Gasteiger charge is 2.45. The molecule has 0 saturated carbocycles. The summed E-state index contributed by atoms with van der Waals surface area (Å²) in [5.41, 5.74) is 1.93. The van der Waals surface area contributed by atoms with Crippen molar-refractivity contribution in [3.63, 3.8) is 0 Å². The van der Waals surface area contributed by atoms with Gasteiger partial charge in [0.2, 0.25) is 21.8 Å². The highest BCUT2D eigenvalue weighted by molar-refractivity contribution is 7.89. The third-order valence-electron chi connectivity index (χ3n) is 5.48. The van der Waals surface area contributed by atoms with Gasteiger partial charge in [0.1, 0.15) is 12.1 Å². The second-order valence-electron chi connectivity index (χ2n) is 7.47. The molecule has 2 atom stereocenters. The van der Waals surface area contributed by atoms with Gasteiger partial charge in [-0.3, -0.25) is 9.59 Å². The lowest BCUT2D eigenvalue weighted by Crippen LogP contribution is -2.69. The molecule has 0 unspecified atom stereocenters. The molecule has 2 aliphatic heterocycles. The van der Waals surface area contributed by atoms with Gasteiger partial charge in [-0.15, -0.1) is 0 Å². The minimum absolute atomic E-state index is 0.0359. The molecule has 0 aromatic heterocycles. The average Bonchev–Trinajstić information content (AvgIpc) is 2.72. The van der Waals surface area contributed by atoms with E-state index in [0.717, 1.165) is 11.1 Å². The summed E-state index contributed by atoms with van der Waals surface area (Å²) in [6.07, 6.45) is 0.417. The molecule has 0 spiro atoms. The highest BCUT2D eigenvalue weighted by Crippen LogP contribution is 2.23. The van der Waals surface area contributed by atoms with Crippen LogP contribution in [0.1, 0.15) is 11.1 Å². The molecule has 0 bridgehead atoms. The van der Waals surface area contributed by atoms with Gasteiger partial charge in [0, 0.05) is 26.1 Å². The number of amides is 2. The van der Waals surface area contributed by atoms with Crippen LogP contribution < -0.4 is 5.32 Å². The summed E-state index contributed by atoms with van der Waals surface area (Å²) in [6.45, 7) is 2.22. The van der Waals surface area contributed by atoms with Crippen LogP contribution in [0.15, 0.2) is 59.5 Å². The van der Waals surface area contributed by atoms with Crippen LogP contribution in [-0.4, -0.2) is 61.2 Å². The molecule has 2 aliphatic rings. The number of hydrogen-bond acceptors (Lipinski definition) is 4. The van der Waals surface area contributed by atoms with Crippen molar-refractivity contribution < 1.29 is 18.0 Å². The number of rotatable bonds is 4. The summed E-state index contributed by atoms with van der Waals surface area (Å²) < 4.78 is 27.2. The Bertz CT molecular complexity index is 1020.